The highest BCUT2D eigenvalue weighted by molar-refractivity contribution is 5.85. The van der Waals surface area contributed by atoms with Crippen molar-refractivity contribution in [2.45, 2.75) is 37.9 Å². The molecule has 0 bridgehead atoms. The molecule has 0 spiro atoms. The first-order valence-electron chi connectivity index (χ1n) is 10.4. The van der Waals surface area contributed by atoms with Gasteiger partial charge >= 0.3 is 0 Å². The molecule has 0 fully saturated rings. The van der Waals surface area contributed by atoms with Crippen molar-refractivity contribution < 1.29 is 9.47 Å². The van der Waals surface area contributed by atoms with E-state index in [4.69, 9.17) is 9.47 Å². The minimum absolute atomic E-state index is 0. The van der Waals surface area contributed by atoms with E-state index < -0.39 is 0 Å². The maximum atomic E-state index is 5.65. The summed E-state index contributed by atoms with van der Waals surface area (Å²) in [5, 5.41) is 0. The summed E-state index contributed by atoms with van der Waals surface area (Å²) in [4.78, 5) is 2.67. The van der Waals surface area contributed by atoms with Crippen LogP contribution in [0, 0.1) is 0 Å². The summed E-state index contributed by atoms with van der Waals surface area (Å²) in [6, 6.07) is 24.7. The van der Waals surface area contributed by atoms with Crippen molar-refractivity contribution in [3.05, 3.63) is 94.5 Å². The molecule has 4 heteroatoms. The molecule has 2 atom stereocenters. The maximum absolute atomic E-state index is 5.65. The molecule has 3 nitrogen and oxygen atoms in total. The van der Waals surface area contributed by atoms with Crippen LogP contribution in [0.2, 0.25) is 0 Å². The van der Waals surface area contributed by atoms with Crippen molar-refractivity contribution in [3.63, 3.8) is 0 Å². The average Bonchev–Trinajstić information content (AvgIpc) is 2.78. The number of ether oxygens (including phenoxy) is 2. The minimum Gasteiger partial charge on any atom is -0.493 e. The molecule has 3 aromatic carbocycles. The summed E-state index contributed by atoms with van der Waals surface area (Å²) in [5.74, 6) is 2.02. The van der Waals surface area contributed by atoms with Gasteiger partial charge in [0.1, 0.15) is 0 Å². The Balaban J connectivity index is 0.00000218. The van der Waals surface area contributed by atoms with Gasteiger partial charge in [0.2, 0.25) is 0 Å². The fraction of sp³-hybridized carbons (Fsp3) is 0.308. The molecule has 1 aliphatic carbocycles. The largest absolute Gasteiger partial charge is 0.493 e. The molecule has 30 heavy (non-hydrogen) atoms. The normalized spacial score (nSPS) is 19.7. The molecule has 2 aliphatic rings. The first kappa shape index (κ1) is 20.8. The topological polar surface area (TPSA) is 21.7 Å². The third kappa shape index (κ3) is 3.57. The second kappa shape index (κ2) is 8.71. The predicted molar refractivity (Wildman–Crippen MR) is 123 cm³/mol. The van der Waals surface area contributed by atoms with Crippen molar-refractivity contribution in [2.75, 3.05) is 14.2 Å². The molecule has 1 heterocycles. The second-order valence-electron chi connectivity index (χ2n) is 8.08. The fourth-order valence-electron chi connectivity index (χ4n) is 5.20. The molecular formula is C26H28ClNO2. The van der Waals surface area contributed by atoms with E-state index >= 15 is 0 Å². The summed E-state index contributed by atoms with van der Waals surface area (Å²) in [6.45, 7) is 1.99. The highest BCUT2D eigenvalue weighted by atomic mass is 35.5. The van der Waals surface area contributed by atoms with Gasteiger partial charge in [-0.15, -0.1) is 12.4 Å². The molecule has 0 unspecified atom stereocenters. The van der Waals surface area contributed by atoms with E-state index in [9.17, 15) is 0 Å². The van der Waals surface area contributed by atoms with Gasteiger partial charge in [-0.3, -0.25) is 4.90 Å². The number of aryl methyl sites for hydroxylation is 1. The Morgan fingerprint density at radius 2 is 1.53 bits per heavy atom. The fourth-order valence-corrected chi connectivity index (χ4v) is 5.20. The standard InChI is InChI=1S/C26H27NO2.ClH/c1-28-24-14-19-12-13-23-26(22(19)15-25(24)29-2)21-11-7-6-10-20(21)17-27(23)16-18-8-4-3-5-9-18;/h3-11,14-15,23,26H,12-13,16-17H2,1-2H3;1H/t23-,26-;/m1./s1. The number of methoxy groups -OCH3 is 2. The first-order chi connectivity index (χ1) is 14.3. The van der Waals surface area contributed by atoms with Crippen LogP contribution in [0.5, 0.6) is 11.5 Å². The van der Waals surface area contributed by atoms with Crippen molar-refractivity contribution in [1.29, 1.82) is 0 Å². The van der Waals surface area contributed by atoms with Crippen molar-refractivity contribution >= 4 is 12.4 Å². The van der Waals surface area contributed by atoms with Crippen molar-refractivity contribution in [3.8, 4) is 11.5 Å². The van der Waals surface area contributed by atoms with Gasteiger partial charge in [0.05, 0.1) is 14.2 Å². The number of hydrogen-bond donors (Lipinski definition) is 0. The van der Waals surface area contributed by atoms with Crippen LogP contribution in [0.25, 0.3) is 0 Å². The van der Waals surface area contributed by atoms with Gasteiger partial charge < -0.3 is 9.47 Å². The quantitative estimate of drug-likeness (QED) is 0.548. The average molecular weight is 422 g/mol. The monoisotopic (exact) mass is 421 g/mol. The van der Waals surface area contributed by atoms with E-state index in [2.05, 4.69) is 71.6 Å². The Kier molecular flexibility index (Phi) is 6.03. The van der Waals surface area contributed by atoms with E-state index in [0.717, 1.165) is 37.4 Å². The summed E-state index contributed by atoms with van der Waals surface area (Å²) in [6.07, 6.45) is 2.23. The Labute approximate surface area is 185 Å². The van der Waals surface area contributed by atoms with E-state index in [1.807, 2.05) is 0 Å². The van der Waals surface area contributed by atoms with Crippen molar-refractivity contribution in [2.24, 2.45) is 0 Å². The number of fused-ring (bicyclic) bond motifs is 5. The van der Waals surface area contributed by atoms with Gasteiger partial charge in [0, 0.05) is 25.0 Å². The Morgan fingerprint density at radius 1 is 0.833 bits per heavy atom. The Hall–Kier alpha value is -2.49. The van der Waals surface area contributed by atoms with Crippen LogP contribution in [0.3, 0.4) is 0 Å². The summed E-state index contributed by atoms with van der Waals surface area (Å²) in [5.41, 5.74) is 7.07. The highest BCUT2D eigenvalue weighted by Gasteiger charge is 2.39. The Morgan fingerprint density at radius 3 is 2.30 bits per heavy atom. The predicted octanol–water partition coefficient (Wildman–Crippen LogP) is 5.59. The molecule has 5 rings (SSSR count). The van der Waals surface area contributed by atoms with Crippen LogP contribution in [0.15, 0.2) is 66.7 Å². The zero-order valence-corrected chi connectivity index (χ0v) is 18.3. The van der Waals surface area contributed by atoms with Crippen LogP contribution in [0.4, 0.5) is 0 Å². The lowest BCUT2D eigenvalue weighted by Gasteiger charge is -2.46. The van der Waals surface area contributed by atoms with Gasteiger partial charge in [0.25, 0.3) is 0 Å². The van der Waals surface area contributed by atoms with Gasteiger partial charge in [-0.2, -0.15) is 0 Å². The number of hydrogen-bond acceptors (Lipinski definition) is 3. The van der Waals surface area contributed by atoms with Gasteiger partial charge in [-0.25, -0.2) is 0 Å². The zero-order chi connectivity index (χ0) is 19.8. The molecule has 0 amide bonds. The molecular weight excluding hydrogens is 394 g/mol. The molecule has 1 aliphatic heterocycles. The summed E-state index contributed by atoms with van der Waals surface area (Å²) < 4.78 is 11.2. The third-order valence-corrected chi connectivity index (χ3v) is 6.54. The van der Waals surface area contributed by atoms with E-state index in [1.165, 1.54) is 27.8 Å². The molecule has 0 radical (unpaired) electrons. The van der Waals surface area contributed by atoms with Crippen LogP contribution in [0.1, 0.15) is 40.2 Å². The summed E-state index contributed by atoms with van der Waals surface area (Å²) >= 11 is 0. The van der Waals surface area contributed by atoms with Crippen LogP contribution in [-0.4, -0.2) is 25.2 Å². The maximum Gasteiger partial charge on any atom is 0.161 e. The van der Waals surface area contributed by atoms with E-state index in [-0.39, 0.29) is 12.4 Å². The molecule has 0 saturated carbocycles. The van der Waals surface area contributed by atoms with E-state index in [0.29, 0.717) is 12.0 Å². The minimum atomic E-state index is 0. The van der Waals surface area contributed by atoms with Crippen LogP contribution in [-0.2, 0) is 19.5 Å². The Bertz CT molecular complexity index is 1020. The second-order valence-corrected chi connectivity index (χ2v) is 8.08. The molecule has 0 saturated heterocycles. The lowest BCUT2D eigenvalue weighted by Crippen LogP contribution is -2.45. The first-order valence-corrected chi connectivity index (χ1v) is 10.4. The summed E-state index contributed by atoms with van der Waals surface area (Å²) in [7, 11) is 3.44. The zero-order valence-electron chi connectivity index (χ0n) is 17.5. The van der Waals surface area contributed by atoms with Crippen molar-refractivity contribution in [1.82, 2.24) is 4.90 Å². The molecule has 3 aromatic rings. The molecule has 0 aromatic heterocycles. The molecule has 156 valence electrons. The third-order valence-electron chi connectivity index (χ3n) is 6.54. The van der Waals surface area contributed by atoms with Gasteiger partial charge in [-0.05, 0) is 52.8 Å². The lowest BCUT2D eigenvalue weighted by molar-refractivity contribution is 0.132. The van der Waals surface area contributed by atoms with Gasteiger partial charge in [0.15, 0.2) is 11.5 Å². The number of rotatable bonds is 4. The highest BCUT2D eigenvalue weighted by Crippen LogP contribution is 2.47. The smallest absolute Gasteiger partial charge is 0.161 e. The number of halogens is 1. The lowest BCUT2D eigenvalue weighted by atomic mass is 9.71. The number of benzene rings is 3. The molecule has 0 N–H and O–H groups in total. The van der Waals surface area contributed by atoms with Crippen LogP contribution >= 0.6 is 12.4 Å². The number of nitrogens with zero attached hydrogens (tertiary/aromatic N) is 1. The SMILES string of the molecule is COc1cc2c(cc1OC)[C@H]1c3ccccc3CN(Cc3ccccc3)[C@@H]1CC2.Cl. The van der Waals surface area contributed by atoms with Gasteiger partial charge in [-0.1, -0.05) is 54.6 Å². The van der Waals surface area contributed by atoms with Crippen LogP contribution < -0.4 is 9.47 Å². The van der Waals surface area contributed by atoms with E-state index in [1.54, 1.807) is 14.2 Å².